The Morgan fingerprint density at radius 2 is 2.20 bits per heavy atom. The van der Waals surface area contributed by atoms with E-state index in [0.29, 0.717) is 12.2 Å². The summed E-state index contributed by atoms with van der Waals surface area (Å²) in [6, 6.07) is 5.59. The molecule has 0 aliphatic heterocycles. The summed E-state index contributed by atoms with van der Waals surface area (Å²) in [6.45, 7) is 4.79. The number of nitrogens with one attached hydrogen (secondary N) is 2. The number of aryl methyl sites for hydroxylation is 1. The minimum atomic E-state index is -0.0145. The van der Waals surface area contributed by atoms with Gasteiger partial charge in [-0.05, 0) is 31.5 Å². The third kappa shape index (κ3) is 3.50. The lowest BCUT2D eigenvalue weighted by Gasteiger charge is -2.09. The van der Waals surface area contributed by atoms with Crippen molar-refractivity contribution >= 4 is 17.3 Å². The molecule has 1 amide bonds. The number of nitrogens with two attached hydrogens (primary N) is 1. The van der Waals surface area contributed by atoms with E-state index in [0.717, 1.165) is 11.3 Å². The van der Waals surface area contributed by atoms with Crippen LogP contribution in [0.1, 0.15) is 12.5 Å². The maximum Gasteiger partial charge on any atom is 0.239 e. The number of amides is 1. The highest BCUT2D eigenvalue weighted by Gasteiger charge is 2.01. The zero-order valence-electron chi connectivity index (χ0n) is 9.13. The molecule has 0 unspecified atom stereocenters. The fraction of sp³-hybridized carbons (Fsp3) is 0.364. The number of hydrogen-bond donors (Lipinski definition) is 3. The Morgan fingerprint density at radius 3 is 2.87 bits per heavy atom. The summed E-state index contributed by atoms with van der Waals surface area (Å²) in [5.41, 5.74) is 8.33. The number of benzene rings is 1. The Labute approximate surface area is 89.9 Å². The first-order chi connectivity index (χ1) is 7.13. The minimum Gasteiger partial charge on any atom is -0.399 e. The molecule has 4 nitrogen and oxygen atoms in total. The second kappa shape index (κ2) is 5.24. The quantitative estimate of drug-likeness (QED) is 0.648. The number of carbonyl (C=O) groups excluding carboxylic acids is 1. The average Bonchev–Trinajstić information content (AvgIpc) is 2.20. The molecular weight excluding hydrogens is 190 g/mol. The molecule has 1 aromatic carbocycles. The standard InChI is InChI=1S/C11H17N3O/c1-3-13-11(15)7-14-10-6-9(12)5-4-8(10)2/h4-6,14H,3,7,12H2,1-2H3,(H,13,15). The number of carbonyl (C=O) groups is 1. The zero-order valence-corrected chi connectivity index (χ0v) is 9.13. The van der Waals surface area contributed by atoms with Crippen LogP contribution in [0.2, 0.25) is 0 Å². The van der Waals surface area contributed by atoms with Gasteiger partial charge in [-0.25, -0.2) is 0 Å². The van der Waals surface area contributed by atoms with Crippen molar-refractivity contribution < 1.29 is 4.79 Å². The normalized spacial score (nSPS) is 9.73. The molecular formula is C11H17N3O. The topological polar surface area (TPSA) is 67.2 Å². The van der Waals surface area contributed by atoms with Crippen molar-refractivity contribution in [3.63, 3.8) is 0 Å². The second-order valence-corrected chi connectivity index (χ2v) is 3.38. The first-order valence-electron chi connectivity index (χ1n) is 5.00. The molecule has 0 aromatic heterocycles. The highest BCUT2D eigenvalue weighted by atomic mass is 16.1. The van der Waals surface area contributed by atoms with Gasteiger partial charge < -0.3 is 16.4 Å². The van der Waals surface area contributed by atoms with Crippen molar-refractivity contribution in [2.24, 2.45) is 0 Å². The first kappa shape index (κ1) is 11.4. The maximum atomic E-state index is 11.2. The molecule has 0 fully saturated rings. The molecule has 1 rings (SSSR count). The SMILES string of the molecule is CCNC(=O)CNc1cc(N)ccc1C. The summed E-state index contributed by atoms with van der Waals surface area (Å²) in [6.07, 6.45) is 0. The third-order valence-corrected chi connectivity index (χ3v) is 2.07. The lowest BCUT2D eigenvalue weighted by atomic mass is 10.2. The monoisotopic (exact) mass is 207 g/mol. The lowest BCUT2D eigenvalue weighted by Crippen LogP contribution is -2.29. The molecule has 15 heavy (non-hydrogen) atoms. The van der Waals surface area contributed by atoms with E-state index >= 15 is 0 Å². The van der Waals surface area contributed by atoms with Crippen molar-refractivity contribution in [2.75, 3.05) is 24.1 Å². The predicted molar refractivity (Wildman–Crippen MR) is 62.8 cm³/mol. The minimum absolute atomic E-state index is 0.0145. The molecule has 0 spiro atoms. The van der Waals surface area contributed by atoms with Crippen molar-refractivity contribution in [1.29, 1.82) is 0 Å². The van der Waals surface area contributed by atoms with E-state index in [4.69, 9.17) is 5.73 Å². The van der Waals surface area contributed by atoms with E-state index in [1.165, 1.54) is 0 Å². The highest BCUT2D eigenvalue weighted by Crippen LogP contribution is 2.17. The first-order valence-corrected chi connectivity index (χ1v) is 5.00. The van der Waals surface area contributed by atoms with Gasteiger partial charge in [-0.3, -0.25) is 4.79 Å². The van der Waals surface area contributed by atoms with Gasteiger partial charge in [-0.1, -0.05) is 6.07 Å². The van der Waals surface area contributed by atoms with Gasteiger partial charge in [0.2, 0.25) is 5.91 Å². The van der Waals surface area contributed by atoms with Gasteiger partial charge in [0.05, 0.1) is 6.54 Å². The van der Waals surface area contributed by atoms with Crippen LogP contribution < -0.4 is 16.4 Å². The van der Waals surface area contributed by atoms with Crippen LogP contribution in [-0.4, -0.2) is 19.0 Å². The molecule has 4 N–H and O–H groups in total. The van der Waals surface area contributed by atoms with Crippen LogP contribution in [0.5, 0.6) is 0 Å². The van der Waals surface area contributed by atoms with Crippen molar-refractivity contribution in [2.45, 2.75) is 13.8 Å². The van der Waals surface area contributed by atoms with Gasteiger partial charge in [0, 0.05) is 17.9 Å². The van der Waals surface area contributed by atoms with E-state index in [-0.39, 0.29) is 12.5 Å². The fourth-order valence-electron chi connectivity index (χ4n) is 1.27. The van der Waals surface area contributed by atoms with Crippen LogP contribution in [0.4, 0.5) is 11.4 Å². The van der Waals surface area contributed by atoms with E-state index in [1.807, 2.05) is 32.0 Å². The Hall–Kier alpha value is -1.71. The molecule has 1 aromatic rings. The Kier molecular flexibility index (Phi) is 3.97. The van der Waals surface area contributed by atoms with Gasteiger partial charge in [0.15, 0.2) is 0 Å². The van der Waals surface area contributed by atoms with E-state index in [9.17, 15) is 4.79 Å². The van der Waals surface area contributed by atoms with Gasteiger partial charge in [-0.2, -0.15) is 0 Å². The summed E-state index contributed by atoms with van der Waals surface area (Å²) in [4.78, 5) is 11.2. The number of nitrogen functional groups attached to an aromatic ring is 1. The molecule has 0 bridgehead atoms. The molecule has 0 aliphatic carbocycles. The molecule has 0 saturated carbocycles. The van der Waals surface area contributed by atoms with Gasteiger partial charge in [0.1, 0.15) is 0 Å². The summed E-state index contributed by atoms with van der Waals surface area (Å²) < 4.78 is 0. The van der Waals surface area contributed by atoms with Crippen LogP contribution in [0, 0.1) is 6.92 Å². The second-order valence-electron chi connectivity index (χ2n) is 3.38. The number of likely N-dealkylation sites (N-methyl/N-ethyl adjacent to an activating group) is 1. The van der Waals surface area contributed by atoms with Crippen LogP contribution in [0.15, 0.2) is 18.2 Å². The fourth-order valence-corrected chi connectivity index (χ4v) is 1.27. The largest absolute Gasteiger partial charge is 0.399 e. The molecule has 0 aliphatic rings. The molecule has 82 valence electrons. The van der Waals surface area contributed by atoms with Gasteiger partial charge in [0.25, 0.3) is 0 Å². The van der Waals surface area contributed by atoms with Crippen molar-refractivity contribution in [3.8, 4) is 0 Å². The molecule has 0 saturated heterocycles. The number of anilines is 2. The van der Waals surface area contributed by atoms with Gasteiger partial charge in [-0.15, -0.1) is 0 Å². The van der Waals surface area contributed by atoms with Gasteiger partial charge >= 0.3 is 0 Å². The maximum absolute atomic E-state index is 11.2. The third-order valence-electron chi connectivity index (χ3n) is 2.07. The predicted octanol–water partition coefficient (Wildman–Crippen LogP) is 1.13. The smallest absolute Gasteiger partial charge is 0.239 e. The Bertz CT molecular complexity index is 350. The van der Waals surface area contributed by atoms with Crippen LogP contribution in [0.3, 0.4) is 0 Å². The number of rotatable bonds is 4. The summed E-state index contributed by atoms with van der Waals surface area (Å²) >= 11 is 0. The molecule has 0 atom stereocenters. The Balaban J connectivity index is 2.57. The van der Waals surface area contributed by atoms with Crippen LogP contribution in [-0.2, 0) is 4.79 Å². The highest BCUT2D eigenvalue weighted by molar-refractivity contribution is 5.81. The summed E-state index contributed by atoms with van der Waals surface area (Å²) in [5, 5.41) is 5.76. The van der Waals surface area contributed by atoms with Crippen molar-refractivity contribution in [3.05, 3.63) is 23.8 Å². The summed E-state index contributed by atoms with van der Waals surface area (Å²) in [5.74, 6) is -0.0145. The van der Waals surface area contributed by atoms with E-state index in [2.05, 4.69) is 10.6 Å². The zero-order chi connectivity index (χ0) is 11.3. The average molecular weight is 207 g/mol. The molecule has 0 radical (unpaired) electrons. The van der Waals surface area contributed by atoms with E-state index < -0.39 is 0 Å². The lowest BCUT2D eigenvalue weighted by molar-refractivity contribution is -0.119. The van der Waals surface area contributed by atoms with E-state index in [1.54, 1.807) is 0 Å². The molecule has 0 heterocycles. The molecule has 4 heteroatoms. The van der Waals surface area contributed by atoms with Crippen LogP contribution in [0.25, 0.3) is 0 Å². The number of hydrogen-bond acceptors (Lipinski definition) is 3. The summed E-state index contributed by atoms with van der Waals surface area (Å²) in [7, 11) is 0. The Morgan fingerprint density at radius 1 is 1.47 bits per heavy atom. The van der Waals surface area contributed by atoms with Crippen LogP contribution >= 0.6 is 0 Å². The van der Waals surface area contributed by atoms with Crippen molar-refractivity contribution in [1.82, 2.24) is 5.32 Å².